The highest BCUT2D eigenvalue weighted by molar-refractivity contribution is 6.34. The van der Waals surface area contributed by atoms with Crippen molar-refractivity contribution in [1.29, 1.82) is 0 Å². The van der Waals surface area contributed by atoms with Gasteiger partial charge in [0.1, 0.15) is 5.76 Å². The van der Waals surface area contributed by atoms with Crippen molar-refractivity contribution in [3.05, 3.63) is 47.4 Å². The molecule has 0 saturated heterocycles. The summed E-state index contributed by atoms with van der Waals surface area (Å²) in [6.07, 6.45) is 1.61. The standard InChI is InChI=1S/C15H18ClN3O2/c1-10(19(2)9-12-4-3-7-21-12)15(20)18-14-6-5-11(17)8-13(14)16/h3-8,10H,9,17H2,1-2H3,(H,18,20). The molecule has 0 aliphatic rings. The highest BCUT2D eigenvalue weighted by Gasteiger charge is 2.19. The van der Waals surface area contributed by atoms with Gasteiger partial charge in [0.15, 0.2) is 0 Å². The Morgan fingerprint density at radius 2 is 2.24 bits per heavy atom. The molecular formula is C15H18ClN3O2. The number of nitrogens with two attached hydrogens (primary N) is 1. The molecule has 5 nitrogen and oxygen atoms in total. The van der Waals surface area contributed by atoms with Crippen molar-refractivity contribution in [2.45, 2.75) is 19.5 Å². The molecule has 1 aromatic carbocycles. The number of furan rings is 1. The quantitative estimate of drug-likeness (QED) is 0.833. The molecule has 0 bridgehead atoms. The molecule has 1 atom stereocenters. The fourth-order valence-corrected chi connectivity index (χ4v) is 2.09. The van der Waals surface area contributed by atoms with Crippen molar-refractivity contribution in [2.24, 2.45) is 0 Å². The molecule has 1 unspecified atom stereocenters. The van der Waals surface area contributed by atoms with Gasteiger partial charge in [-0.25, -0.2) is 0 Å². The van der Waals surface area contributed by atoms with Crippen LogP contribution < -0.4 is 11.1 Å². The highest BCUT2D eigenvalue weighted by Crippen LogP contribution is 2.24. The summed E-state index contributed by atoms with van der Waals surface area (Å²) in [4.78, 5) is 14.1. The van der Waals surface area contributed by atoms with E-state index < -0.39 is 0 Å². The smallest absolute Gasteiger partial charge is 0.241 e. The number of carbonyl (C=O) groups excluding carboxylic acids is 1. The summed E-state index contributed by atoms with van der Waals surface area (Å²) in [6.45, 7) is 2.38. The van der Waals surface area contributed by atoms with Gasteiger partial charge in [0.25, 0.3) is 0 Å². The Balaban J connectivity index is 1.98. The normalized spacial score (nSPS) is 12.4. The minimum Gasteiger partial charge on any atom is -0.468 e. The second kappa shape index (κ2) is 6.65. The van der Waals surface area contributed by atoms with Crippen LogP contribution in [0.5, 0.6) is 0 Å². The molecule has 0 aliphatic heterocycles. The number of likely N-dealkylation sites (N-methyl/N-ethyl adjacent to an activating group) is 1. The van der Waals surface area contributed by atoms with Crippen molar-refractivity contribution in [3.63, 3.8) is 0 Å². The zero-order valence-corrected chi connectivity index (χ0v) is 12.7. The Bertz CT molecular complexity index is 613. The number of nitrogen functional groups attached to an aromatic ring is 1. The first-order chi connectivity index (χ1) is 9.97. The van der Waals surface area contributed by atoms with Crippen LogP contribution in [0.25, 0.3) is 0 Å². The second-order valence-corrected chi connectivity index (χ2v) is 5.31. The first kappa shape index (κ1) is 15.4. The van der Waals surface area contributed by atoms with E-state index in [9.17, 15) is 4.79 Å². The van der Waals surface area contributed by atoms with Gasteiger partial charge in [-0.1, -0.05) is 11.6 Å². The van der Waals surface area contributed by atoms with Crippen LogP contribution in [0.2, 0.25) is 5.02 Å². The maximum atomic E-state index is 12.2. The molecule has 0 aliphatic carbocycles. The van der Waals surface area contributed by atoms with Crippen molar-refractivity contribution in [3.8, 4) is 0 Å². The van der Waals surface area contributed by atoms with Crippen LogP contribution in [0.1, 0.15) is 12.7 Å². The summed E-state index contributed by atoms with van der Waals surface area (Å²) in [7, 11) is 1.86. The number of hydrogen-bond donors (Lipinski definition) is 2. The van der Waals surface area contributed by atoms with E-state index in [1.165, 1.54) is 0 Å². The fourth-order valence-electron chi connectivity index (χ4n) is 1.86. The molecule has 112 valence electrons. The molecule has 0 spiro atoms. The van der Waals surface area contributed by atoms with Crippen LogP contribution in [0.15, 0.2) is 41.0 Å². The van der Waals surface area contributed by atoms with Gasteiger partial charge in [0, 0.05) is 5.69 Å². The number of nitrogens with zero attached hydrogens (tertiary/aromatic N) is 1. The Kier molecular flexibility index (Phi) is 4.88. The van der Waals surface area contributed by atoms with E-state index in [0.29, 0.717) is 22.9 Å². The summed E-state index contributed by atoms with van der Waals surface area (Å²) in [6, 6.07) is 8.35. The number of nitrogens with one attached hydrogen (secondary N) is 1. The van der Waals surface area contributed by atoms with Gasteiger partial charge in [-0.3, -0.25) is 9.69 Å². The molecule has 0 fully saturated rings. The van der Waals surface area contributed by atoms with Gasteiger partial charge in [-0.2, -0.15) is 0 Å². The molecule has 3 N–H and O–H groups in total. The second-order valence-electron chi connectivity index (χ2n) is 4.90. The van der Waals surface area contributed by atoms with E-state index in [1.54, 1.807) is 24.5 Å². The van der Waals surface area contributed by atoms with Gasteiger partial charge in [-0.05, 0) is 44.3 Å². The lowest BCUT2D eigenvalue weighted by Crippen LogP contribution is -2.39. The van der Waals surface area contributed by atoms with Crippen molar-refractivity contribution in [1.82, 2.24) is 4.90 Å². The number of carbonyl (C=O) groups is 1. The number of amides is 1. The lowest BCUT2D eigenvalue weighted by atomic mass is 10.2. The average Bonchev–Trinajstić information content (AvgIpc) is 2.93. The summed E-state index contributed by atoms with van der Waals surface area (Å²) in [5.41, 5.74) is 6.73. The molecular weight excluding hydrogens is 290 g/mol. The Morgan fingerprint density at radius 3 is 2.86 bits per heavy atom. The predicted octanol–water partition coefficient (Wildman–Crippen LogP) is 2.97. The van der Waals surface area contributed by atoms with Crippen molar-refractivity contribution >= 4 is 28.9 Å². The Morgan fingerprint density at radius 1 is 1.48 bits per heavy atom. The number of halogens is 1. The first-order valence-corrected chi connectivity index (χ1v) is 6.93. The predicted molar refractivity (Wildman–Crippen MR) is 84.1 cm³/mol. The van der Waals surface area contributed by atoms with Crippen LogP contribution in [0.4, 0.5) is 11.4 Å². The van der Waals surface area contributed by atoms with Crippen molar-refractivity contribution in [2.75, 3.05) is 18.1 Å². The van der Waals surface area contributed by atoms with Gasteiger partial charge in [0.2, 0.25) is 5.91 Å². The first-order valence-electron chi connectivity index (χ1n) is 6.56. The van der Waals surface area contributed by atoms with E-state index in [2.05, 4.69) is 5.32 Å². The summed E-state index contributed by atoms with van der Waals surface area (Å²) < 4.78 is 5.28. The van der Waals surface area contributed by atoms with Crippen LogP contribution in [-0.2, 0) is 11.3 Å². The fraction of sp³-hybridized carbons (Fsp3) is 0.267. The van der Waals surface area contributed by atoms with Crippen LogP contribution >= 0.6 is 11.6 Å². The third-order valence-electron chi connectivity index (χ3n) is 3.28. The van der Waals surface area contributed by atoms with Gasteiger partial charge in [0.05, 0.1) is 29.6 Å². The molecule has 0 saturated carbocycles. The SMILES string of the molecule is CC(C(=O)Nc1ccc(N)cc1Cl)N(C)Cc1ccco1. The molecule has 21 heavy (non-hydrogen) atoms. The van der Waals surface area contributed by atoms with Gasteiger partial charge >= 0.3 is 0 Å². The zero-order chi connectivity index (χ0) is 15.4. The highest BCUT2D eigenvalue weighted by atomic mass is 35.5. The summed E-state index contributed by atoms with van der Waals surface area (Å²) >= 11 is 6.05. The largest absolute Gasteiger partial charge is 0.468 e. The minimum atomic E-state index is -0.330. The van der Waals surface area contributed by atoms with E-state index in [4.69, 9.17) is 21.8 Å². The molecule has 1 amide bonds. The number of hydrogen-bond acceptors (Lipinski definition) is 4. The molecule has 2 aromatic rings. The molecule has 1 heterocycles. The maximum Gasteiger partial charge on any atom is 0.241 e. The summed E-state index contributed by atoms with van der Waals surface area (Å²) in [5, 5.41) is 3.22. The van der Waals surface area contributed by atoms with E-state index >= 15 is 0 Å². The molecule has 2 rings (SSSR count). The third-order valence-corrected chi connectivity index (χ3v) is 3.59. The van der Waals surface area contributed by atoms with E-state index in [0.717, 1.165) is 5.76 Å². The van der Waals surface area contributed by atoms with Crippen LogP contribution in [-0.4, -0.2) is 23.9 Å². The topological polar surface area (TPSA) is 71.5 Å². The van der Waals surface area contributed by atoms with E-state index in [-0.39, 0.29) is 11.9 Å². The Hall–Kier alpha value is -1.98. The molecule has 0 radical (unpaired) electrons. The van der Waals surface area contributed by atoms with Crippen LogP contribution in [0, 0.1) is 0 Å². The minimum absolute atomic E-state index is 0.143. The average molecular weight is 308 g/mol. The number of rotatable bonds is 5. The van der Waals surface area contributed by atoms with Gasteiger partial charge in [-0.15, -0.1) is 0 Å². The number of anilines is 2. The number of benzene rings is 1. The monoisotopic (exact) mass is 307 g/mol. The van der Waals surface area contributed by atoms with Crippen molar-refractivity contribution < 1.29 is 9.21 Å². The molecule has 1 aromatic heterocycles. The lowest BCUT2D eigenvalue weighted by Gasteiger charge is -2.23. The van der Waals surface area contributed by atoms with E-state index in [1.807, 2.05) is 31.0 Å². The molecule has 6 heteroatoms. The summed E-state index contributed by atoms with van der Waals surface area (Å²) in [5.74, 6) is 0.665. The Labute approximate surface area is 128 Å². The zero-order valence-electron chi connectivity index (χ0n) is 12.0. The lowest BCUT2D eigenvalue weighted by molar-refractivity contribution is -0.120. The van der Waals surface area contributed by atoms with Crippen LogP contribution in [0.3, 0.4) is 0 Å². The van der Waals surface area contributed by atoms with Gasteiger partial charge < -0.3 is 15.5 Å². The maximum absolute atomic E-state index is 12.2. The third kappa shape index (κ3) is 4.00.